The van der Waals surface area contributed by atoms with Gasteiger partial charge in [0, 0.05) is 31.1 Å². The number of ether oxygens (including phenoxy) is 1. The van der Waals surface area contributed by atoms with E-state index in [-0.39, 0.29) is 23.7 Å². The zero-order valence-corrected chi connectivity index (χ0v) is 24.1. The molecule has 2 aromatic rings. The van der Waals surface area contributed by atoms with Gasteiger partial charge in [-0.05, 0) is 79.5 Å². The summed E-state index contributed by atoms with van der Waals surface area (Å²) in [5.41, 5.74) is 3.78. The Hall–Kier alpha value is -1.75. The van der Waals surface area contributed by atoms with Gasteiger partial charge in [-0.3, -0.25) is 4.79 Å². The lowest BCUT2D eigenvalue weighted by molar-refractivity contribution is -0.143. The van der Waals surface area contributed by atoms with E-state index in [1.165, 1.54) is 48.8 Å². The highest BCUT2D eigenvalue weighted by Crippen LogP contribution is 2.50. The Kier molecular flexibility index (Phi) is 8.62. The average molecular weight is 557 g/mol. The second-order valence-electron chi connectivity index (χ2n) is 11.9. The summed E-state index contributed by atoms with van der Waals surface area (Å²) in [5, 5.41) is 4.33. The van der Waals surface area contributed by atoms with Crippen molar-refractivity contribution in [2.45, 2.75) is 81.6 Å². The van der Waals surface area contributed by atoms with Crippen molar-refractivity contribution in [1.82, 2.24) is 10.2 Å². The van der Waals surface area contributed by atoms with E-state index in [0.29, 0.717) is 28.8 Å². The zero-order chi connectivity index (χ0) is 25.4. The van der Waals surface area contributed by atoms with Gasteiger partial charge in [-0.25, -0.2) is 0 Å². The smallest absolute Gasteiger partial charge is 0.228 e. The number of nitrogens with one attached hydrogen (secondary N) is 1. The number of fused-ring (bicyclic) bond motifs is 2. The van der Waals surface area contributed by atoms with Gasteiger partial charge in [0.05, 0.1) is 18.1 Å². The van der Waals surface area contributed by atoms with Crippen LogP contribution >= 0.6 is 11.6 Å². The van der Waals surface area contributed by atoms with Crippen molar-refractivity contribution in [3.05, 3.63) is 64.2 Å². The molecule has 2 heterocycles. The summed E-state index contributed by atoms with van der Waals surface area (Å²) >= 11 is 6.53. The number of likely N-dealkylation sites (tertiary alicyclic amines) is 1. The van der Waals surface area contributed by atoms with Crippen LogP contribution < -0.4 is 22.5 Å². The van der Waals surface area contributed by atoms with E-state index in [1.54, 1.807) is 7.11 Å². The maximum atomic E-state index is 14.6. The molecule has 38 heavy (non-hydrogen) atoms. The molecule has 1 spiro atoms. The quantitative estimate of drug-likeness (QED) is 0.627. The summed E-state index contributed by atoms with van der Waals surface area (Å²) in [5.74, 6) is 2.34. The number of halogens is 2. The summed E-state index contributed by atoms with van der Waals surface area (Å²) in [6.07, 6.45) is 11.7. The first-order chi connectivity index (χ1) is 18.1. The number of nitrogens with zero attached hydrogens (tertiary/aromatic N) is 1. The molecule has 2 aliphatic carbocycles. The molecule has 3 fully saturated rings. The molecule has 1 N–H and O–H groups in total. The first-order valence-corrected chi connectivity index (χ1v) is 14.9. The average Bonchev–Trinajstić information content (AvgIpc) is 3.37. The number of hydrogen-bond donors (Lipinski definition) is 1. The van der Waals surface area contributed by atoms with Gasteiger partial charge in [-0.15, -0.1) is 0 Å². The van der Waals surface area contributed by atoms with Crippen LogP contribution in [0, 0.1) is 11.8 Å². The van der Waals surface area contributed by atoms with Crippen LogP contribution in [0.1, 0.15) is 80.4 Å². The molecule has 4 atom stereocenters. The first-order valence-electron chi connectivity index (χ1n) is 14.5. The maximum Gasteiger partial charge on any atom is 0.228 e. The Labute approximate surface area is 239 Å². The van der Waals surface area contributed by atoms with E-state index in [4.69, 9.17) is 16.3 Å². The Morgan fingerprint density at radius 1 is 1.05 bits per heavy atom. The Bertz CT molecular complexity index is 1120. The number of hydrogen-bond acceptors (Lipinski definition) is 3. The molecule has 2 aliphatic heterocycles. The minimum absolute atomic E-state index is 0. The molecule has 0 unspecified atom stereocenters. The van der Waals surface area contributed by atoms with Crippen molar-refractivity contribution in [3.8, 4) is 5.75 Å². The molecule has 0 radical (unpaired) electrons. The summed E-state index contributed by atoms with van der Waals surface area (Å²) in [7, 11) is 1.71. The lowest BCUT2D eigenvalue weighted by atomic mass is 9.63. The number of rotatable bonds is 4. The number of methoxy groups -OCH3 is 1. The molecule has 6 heteroatoms. The molecule has 2 aromatic carbocycles. The van der Waals surface area contributed by atoms with Gasteiger partial charge in [0.2, 0.25) is 5.91 Å². The first kappa shape index (κ1) is 27.8. The molecule has 0 bridgehead atoms. The van der Waals surface area contributed by atoms with Gasteiger partial charge in [0.15, 0.2) is 0 Å². The van der Waals surface area contributed by atoms with Gasteiger partial charge in [0.25, 0.3) is 0 Å². The van der Waals surface area contributed by atoms with Gasteiger partial charge < -0.3 is 27.4 Å². The number of piperidine rings is 1. The van der Waals surface area contributed by atoms with Crippen molar-refractivity contribution in [2.75, 3.05) is 26.7 Å². The Balaban J connectivity index is 0.00000294. The monoisotopic (exact) mass is 555 g/mol. The van der Waals surface area contributed by atoms with Crippen LogP contribution in [-0.4, -0.2) is 43.6 Å². The topological polar surface area (TPSA) is 41.6 Å². The fourth-order valence-corrected chi connectivity index (χ4v) is 8.60. The van der Waals surface area contributed by atoms with Crippen LogP contribution in [-0.2, 0) is 16.6 Å². The molecule has 4 aliphatic rings. The van der Waals surface area contributed by atoms with Gasteiger partial charge in [0.1, 0.15) is 5.75 Å². The molecule has 6 rings (SSSR count). The van der Waals surface area contributed by atoms with E-state index in [9.17, 15) is 4.79 Å². The molecular formula is C32H41Cl2N2O2-. The summed E-state index contributed by atoms with van der Waals surface area (Å²) in [6, 6.07) is 15.5. The predicted molar refractivity (Wildman–Crippen MR) is 149 cm³/mol. The highest BCUT2D eigenvalue weighted by Gasteiger charge is 2.53. The highest BCUT2D eigenvalue weighted by molar-refractivity contribution is 6.32. The van der Waals surface area contributed by atoms with Crippen molar-refractivity contribution >= 4 is 17.5 Å². The highest BCUT2D eigenvalue weighted by atomic mass is 35.5. The van der Waals surface area contributed by atoms with Crippen LogP contribution in [0.3, 0.4) is 0 Å². The largest absolute Gasteiger partial charge is 1.00 e. The van der Waals surface area contributed by atoms with E-state index in [0.717, 1.165) is 57.5 Å². The zero-order valence-electron chi connectivity index (χ0n) is 22.6. The fourth-order valence-electron chi connectivity index (χ4n) is 8.34. The van der Waals surface area contributed by atoms with Crippen LogP contribution in [0.2, 0.25) is 5.02 Å². The third-order valence-corrected chi connectivity index (χ3v) is 10.4. The van der Waals surface area contributed by atoms with E-state index >= 15 is 0 Å². The van der Waals surface area contributed by atoms with Crippen molar-refractivity contribution in [3.63, 3.8) is 0 Å². The minimum atomic E-state index is -0.171. The van der Waals surface area contributed by atoms with Crippen molar-refractivity contribution in [1.29, 1.82) is 0 Å². The molecular weight excluding hydrogens is 515 g/mol. The van der Waals surface area contributed by atoms with Crippen LogP contribution in [0.4, 0.5) is 0 Å². The second-order valence-corrected chi connectivity index (χ2v) is 12.3. The Morgan fingerprint density at radius 3 is 2.61 bits per heavy atom. The molecule has 0 aromatic heterocycles. The Morgan fingerprint density at radius 2 is 1.84 bits per heavy atom. The fraction of sp³-hybridized carbons (Fsp3) is 0.594. The van der Waals surface area contributed by atoms with Gasteiger partial charge >= 0.3 is 0 Å². The second kappa shape index (κ2) is 11.8. The number of benzene rings is 2. The number of carbonyl (C=O) groups excluding carboxylic acids is 1. The maximum absolute atomic E-state index is 14.6. The lowest BCUT2D eigenvalue weighted by Crippen LogP contribution is -3.00. The summed E-state index contributed by atoms with van der Waals surface area (Å²) in [6.45, 7) is 2.50. The third kappa shape index (κ3) is 4.86. The predicted octanol–water partition coefficient (Wildman–Crippen LogP) is 3.50. The minimum Gasteiger partial charge on any atom is -1.00 e. The van der Waals surface area contributed by atoms with E-state index < -0.39 is 0 Å². The molecule has 4 nitrogen and oxygen atoms in total. The van der Waals surface area contributed by atoms with Crippen LogP contribution in [0.25, 0.3) is 0 Å². The molecule has 1 amide bonds. The normalized spacial score (nSPS) is 29.5. The summed E-state index contributed by atoms with van der Waals surface area (Å²) in [4.78, 5) is 17.0. The van der Waals surface area contributed by atoms with Crippen LogP contribution in [0.5, 0.6) is 5.75 Å². The van der Waals surface area contributed by atoms with Crippen molar-refractivity contribution in [2.24, 2.45) is 11.8 Å². The van der Waals surface area contributed by atoms with E-state index in [1.807, 2.05) is 6.07 Å². The molecule has 2 saturated heterocycles. The third-order valence-electron chi connectivity index (χ3n) is 10.1. The SMILES string of the molecule is COc1c(Cl)ccc2c1CCC[C@]21CNC[C@H]1C(=O)N1CC[C@@H](c2ccccc2)C[C@H]1C1CCCCC1.[Cl-]. The van der Waals surface area contributed by atoms with Crippen molar-refractivity contribution < 1.29 is 21.9 Å². The summed E-state index contributed by atoms with van der Waals surface area (Å²) < 4.78 is 5.76. The standard InChI is InChI=1S/C32H41ClN2O2.ClH/c1-37-30-25-13-8-17-32(26(25)14-15-28(30)33)21-34-20-27(32)31(36)35-18-16-24(22-9-4-2-5-10-22)19-29(35)23-11-6-3-7-12-23;/h2,4-5,9-10,14-15,23-24,27,29,34H,3,6-8,11-13,16-21H2,1H3;1H/p-1/t24-,27+,29+,32+;/m1./s1. The molecule has 206 valence electrons. The van der Waals surface area contributed by atoms with Gasteiger partial charge in [-0.1, -0.05) is 67.3 Å². The van der Waals surface area contributed by atoms with E-state index in [2.05, 4.69) is 46.6 Å². The van der Waals surface area contributed by atoms with Gasteiger partial charge in [-0.2, -0.15) is 0 Å². The van der Waals surface area contributed by atoms with Crippen LogP contribution in [0.15, 0.2) is 42.5 Å². The molecule has 1 saturated carbocycles. The lowest BCUT2D eigenvalue weighted by Gasteiger charge is -2.48. The number of carbonyl (C=O) groups is 1. The number of amides is 1.